The number of hydrogen-bond acceptors (Lipinski definition) is 6. The van der Waals surface area contributed by atoms with Crippen LogP contribution in [-0.4, -0.2) is 24.6 Å². The second-order valence-electron chi connectivity index (χ2n) is 3.18. The van der Waals surface area contributed by atoms with E-state index in [1.807, 2.05) is 0 Å². The molecule has 82 valence electrons. The van der Waals surface area contributed by atoms with Crippen molar-refractivity contribution < 1.29 is 73.6 Å². The summed E-state index contributed by atoms with van der Waals surface area (Å²) in [6.07, 6.45) is 0. The first-order chi connectivity index (χ1) is 6.91. The molecule has 0 fully saturated rings. The van der Waals surface area contributed by atoms with Gasteiger partial charge in [0.15, 0.2) is 0 Å². The van der Waals surface area contributed by atoms with E-state index in [0.29, 0.717) is 5.69 Å². The number of β-amino-alcohol motifs (C(OH)–C–C–N with tert-alkyl or cyclic N) is 1. The summed E-state index contributed by atoms with van der Waals surface area (Å²) in [4.78, 5) is 0. The third kappa shape index (κ3) is 3.03. The van der Waals surface area contributed by atoms with Crippen LogP contribution >= 0.6 is 0 Å². The molecule has 2 N–H and O–H groups in total. The molecular formula is C8H8KNO5S. The molecule has 8 heteroatoms. The fraction of sp³-hybridized carbons (Fsp3) is 0.250. The van der Waals surface area contributed by atoms with Gasteiger partial charge in [-0.25, -0.2) is 12.6 Å². The van der Waals surface area contributed by atoms with Crippen LogP contribution in [0, 0.1) is 0 Å². The Bertz CT molecular complexity index is 491. The van der Waals surface area contributed by atoms with E-state index in [1.54, 1.807) is 18.2 Å². The maximum absolute atomic E-state index is 10.4. The van der Waals surface area contributed by atoms with Crippen molar-refractivity contribution in [3.05, 3.63) is 29.8 Å². The average molecular weight is 269 g/mol. The summed E-state index contributed by atoms with van der Waals surface area (Å²) in [5, 5.41) is 12.6. The Labute approximate surface area is 135 Å². The summed E-state index contributed by atoms with van der Waals surface area (Å²) in [5.74, 6) is -2.10. The van der Waals surface area contributed by atoms with Gasteiger partial charge >= 0.3 is 51.4 Å². The van der Waals surface area contributed by atoms with E-state index in [4.69, 9.17) is 0 Å². The zero-order valence-electron chi connectivity index (χ0n) is 8.50. The fourth-order valence-electron chi connectivity index (χ4n) is 1.53. The Hall–Kier alpha value is 0.486. The quantitative estimate of drug-likeness (QED) is 0.253. The normalized spacial score (nSPS) is 23.1. The number of hydrogen-bond donors (Lipinski definition) is 2. The maximum Gasteiger partial charge on any atom is 1.00 e. The van der Waals surface area contributed by atoms with Crippen LogP contribution in [0.4, 0.5) is 5.69 Å². The molecule has 0 saturated heterocycles. The predicted octanol–water partition coefficient (Wildman–Crippen LogP) is -3.26. The first-order valence-corrected chi connectivity index (χ1v) is 5.46. The van der Waals surface area contributed by atoms with Gasteiger partial charge in [-0.05, 0) is 6.07 Å². The van der Waals surface area contributed by atoms with E-state index >= 15 is 0 Å². The van der Waals surface area contributed by atoms with Gasteiger partial charge < -0.3 is 15.0 Å². The first-order valence-electron chi connectivity index (χ1n) is 4.13. The molecule has 0 bridgehead atoms. The number of rotatable bonds is 2. The van der Waals surface area contributed by atoms with Crippen molar-refractivity contribution in [2.75, 3.05) is 11.9 Å². The Morgan fingerprint density at radius 3 is 2.69 bits per heavy atom. The number of benzene rings is 1. The molecule has 2 rings (SSSR count). The average Bonchev–Trinajstić information content (AvgIpc) is 2.42. The van der Waals surface area contributed by atoms with E-state index in [2.05, 4.69) is 9.50 Å². The molecular weight excluding hydrogens is 261 g/mol. The smallest absolute Gasteiger partial charge is 0.725 e. The Morgan fingerprint density at radius 2 is 2.06 bits per heavy atom. The summed E-state index contributed by atoms with van der Waals surface area (Å²) in [5.41, 5.74) is 0.785. The van der Waals surface area contributed by atoms with Gasteiger partial charge in [-0.15, -0.1) is 0 Å². The number of para-hydroxylation sites is 1. The SMILES string of the molecule is O=S(=O)([O-])OC1(O)CNc2ccccc21.[K+]. The van der Waals surface area contributed by atoms with Crippen molar-refractivity contribution in [1.82, 2.24) is 0 Å². The van der Waals surface area contributed by atoms with Crippen molar-refractivity contribution in [3.63, 3.8) is 0 Å². The predicted molar refractivity (Wildman–Crippen MR) is 49.6 cm³/mol. The molecule has 0 spiro atoms. The minimum absolute atomic E-state index is 0. The van der Waals surface area contributed by atoms with Crippen LogP contribution in [0.2, 0.25) is 0 Å². The van der Waals surface area contributed by atoms with Gasteiger partial charge in [0.2, 0.25) is 16.2 Å². The summed E-state index contributed by atoms with van der Waals surface area (Å²) in [7, 11) is -4.95. The molecule has 0 radical (unpaired) electrons. The van der Waals surface area contributed by atoms with Crippen molar-refractivity contribution in [1.29, 1.82) is 0 Å². The molecule has 1 atom stereocenters. The van der Waals surface area contributed by atoms with Gasteiger partial charge in [0.1, 0.15) is 0 Å². The fourth-order valence-corrected chi connectivity index (χ4v) is 2.02. The molecule has 0 amide bonds. The summed E-state index contributed by atoms with van der Waals surface area (Å²) < 4.78 is 35.4. The number of nitrogens with one attached hydrogen (secondary N) is 1. The number of anilines is 1. The molecule has 6 nitrogen and oxygen atoms in total. The Morgan fingerprint density at radius 1 is 1.44 bits per heavy atom. The molecule has 1 aromatic rings. The molecule has 1 aliphatic heterocycles. The Balaban J connectivity index is 0.00000128. The number of aliphatic hydroxyl groups is 1. The summed E-state index contributed by atoms with van der Waals surface area (Å²) in [6.45, 7) is -0.173. The molecule has 1 aromatic carbocycles. The van der Waals surface area contributed by atoms with Crippen LogP contribution in [0.3, 0.4) is 0 Å². The van der Waals surface area contributed by atoms with Crippen LogP contribution < -0.4 is 56.7 Å². The third-order valence-corrected chi connectivity index (χ3v) is 2.59. The minimum Gasteiger partial charge on any atom is -0.725 e. The first kappa shape index (κ1) is 14.5. The van der Waals surface area contributed by atoms with Crippen LogP contribution in [-0.2, 0) is 20.4 Å². The van der Waals surface area contributed by atoms with Gasteiger partial charge in [-0.2, -0.15) is 0 Å². The van der Waals surface area contributed by atoms with E-state index in [1.165, 1.54) is 6.07 Å². The van der Waals surface area contributed by atoms with Gasteiger partial charge in [0.25, 0.3) is 0 Å². The van der Waals surface area contributed by atoms with Crippen LogP contribution in [0.25, 0.3) is 0 Å². The zero-order valence-corrected chi connectivity index (χ0v) is 12.4. The molecule has 1 aliphatic rings. The topological polar surface area (TPSA) is 98.7 Å². The van der Waals surface area contributed by atoms with Crippen LogP contribution in [0.1, 0.15) is 5.56 Å². The van der Waals surface area contributed by atoms with E-state index in [9.17, 15) is 18.1 Å². The van der Waals surface area contributed by atoms with Gasteiger partial charge in [-0.3, -0.25) is 0 Å². The second kappa shape index (κ2) is 5.00. The molecule has 1 unspecified atom stereocenters. The van der Waals surface area contributed by atoms with Crippen LogP contribution in [0.15, 0.2) is 24.3 Å². The minimum atomic E-state index is -4.95. The van der Waals surface area contributed by atoms with Crippen molar-refractivity contribution in [2.24, 2.45) is 0 Å². The van der Waals surface area contributed by atoms with E-state index in [0.717, 1.165) is 0 Å². The van der Waals surface area contributed by atoms with E-state index < -0.39 is 16.2 Å². The molecule has 16 heavy (non-hydrogen) atoms. The van der Waals surface area contributed by atoms with Gasteiger partial charge in [0.05, 0.1) is 6.54 Å². The van der Waals surface area contributed by atoms with Gasteiger partial charge in [0, 0.05) is 11.3 Å². The molecule has 0 aliphatic carbocycles. The van der Waals surface area contributed by atoms with Crippen LogP contribution in [0.5, 0.6) is 0 Å². The summed E-state index contributed by atoms with van der Waals surface area (Å²) >= 11 is 0. The van der Waals surface area contributed by atoms with Crippen molar-refractivity contribution in [2.45, 2.75) is 5.79 Å². The monoisotopic (exact) mass is 269 g/mol. The zero-order chi connectivity index (χ0) is 11.1. The van der Waals surface area contributed by atoms with Crippen molar-refractivity contribution in [3.8, 4) is 0 Å². The summed E-state index contributed by atoms with van der Waals surface area (Å²) in [6, 6.07) is 6.45. The largest absolute Gasteiger partial charge is 1.00 e. The maximum atomic E-state index is 10.4. The Kier molecular flexibility index (Phi) is 4.55. The number of fused-ring (bicyclic) bond motifs is 1. The second-order valence-corrected chi connectivity index (χ2v) is 4.16. The standard InChI is InChI=1S/C8H9NO5S.K/c10-8(14-15(11,12)13)5-9-7-4-2-1-3-6(7)8;/h1-4,9-10H,5H2,(H,11,12,13);/q;+1/p-1. The van der Waals surface area contributed by atoms with Gasteiger partial charge in [-0.1, -0.05) is 18.2 Å². The van der Waals surface area contributed by atoms with Crippen molar-refractivity contribution >= 4 is 16.1 Å². The molecule has 0 aromatic heterocycles. The van der Waals surface area contributed by atoms with E-state index in [-0.39, 0.29) is 63.5 Å². The third-order valence-electron chi connectivity index (χ3n) is 2.11. The molecule has 1 heterocycles. The molecule has 0 saturated carbocycles.